The third-order valence-corrected chi connectivity index (χ3v) is 8.55. The lowest BCUT2D eigenvalue weighted by atomic mass is 9.88. The fourth-order valence-electron chi connectivity index (χ4n) is 5.70. The van der Waals surface area contributed by atoms with Crippen LogP contribution in [0.15, 0.2) is 36.4 Å². The van der Waals surface area contributed by atoms with Crippen LogP contribution in [-0.4, -0.2) is 89.1 Å². The molecule has 0 aromatic heterocycles. The topological polar surface area (TPSA) is 145 Å². The molecule has 11 heteroatoms. The number of benzene rings is 1. The first-order valence-corrected chi connectivity index (χ1v) is 17.1. The maximum Gasteiger partial charge on any atom is 0.407 e. The number of allylic oxidation sites excluding steroid dienone is 1. The van der Waals surface area contributed by atoms with Gasteiger partial charge >= 0.3 is 12.1 Å². The Balaban J connectivity index is 0.00000376. The molecule has 0 radical (unpaired) electrons. The molecule has 1 fully saturated rings. The van der Waals surface area contributed by atoms with E-state index in [1.807, 2.05) is 65.0 Å². The highest BCUT2D eigenvalue weighted by Crippen LogP contribution is 2.26. The van der Waals surface area contributed by atoms with E-state index in [9.17, 15) is 29.1 Å². The number of amides is 4. The first-order chi connectivity index (χ1) is 22.3. The van der Waals surface area contributed by atoms with Gasteiger partial charge < -0.3 is 30.3 Å². The molecule has 1 saturated heterocycles. The van der Waals surface area contributed by atoms with Crippen LogP contribution in [0.4, 0.5) is 4.79 Å². The summed E-state index contributed by atoms with van der Waals surface area (Å²) in [6.07, 6.45) is 8.09. The highest BCUT2D eigenvalue weighted by atomic mass is 16.6. The Bertz CT molecular complexity index is 1240. The Labute approximate surface area is 280 Å². The lowest BCUT2D eigenvalue weighted by molar-refractivity contribution is -0.144. The second kappa shape index (κ2) is 19.1. The largest absolute Gasteiger partial charge is 0.480 e. The van der Waals surface area contributed by atoms with E-state index >= 15 is 0 Å². The molecule has 47 heavy (non-hydrogen) atoms. The van der Waals surface area contributed by atoms with Gasteiger partial charge in [-0.15, -0.1) is 0 Å². The lowest BCUT2D eigenvalue weighted by Gasteiger charge is -2.36. The molecule has 0 bridgehead atoms. The van der Waals surface area contributed by atoms with Crippen molar-refractivity contribution in [3.63, 3.8) is 0 Å². The van der Waals surface area contributed by atoms with Crippen molar-refractivity contribution < 1.29 is 33.8 Å². The van der Waals surface area contributed by atoms with Crippen molar-refractivity contribution >= 4 is 29.8 Å². The number of fused-ring (bicyclic) bond motifs is 1. The summed E-state index contributed by atoms with van der Waals surface area (Å²) in [4.78, 5) is 67.2. The zero-order valence-electron chi connectivity index (χ0n) is 29.3. The van der Waals surface area contributed by atoms with Gasteiger partial charge in [0.1, 0.15) is 24.7 Å². The molecular formula is C36H56N4O7. The van der Waals surface area contributed by atoms with Gasteiger partial charge in [0, 0.05) is 30.0 Å². The SMILES string of the molecule is CC.CCCCC/C=C\C(C)C(NC(=O)[C@@H]1CCCN1C(=O)CNC(=O)OC(CN1CCc2ccccc2C1=O)C(C)(C)C)C(=O)O. The number of nitrogens with one attached hydrogen (secondary N) is 2. The van der Waals surface area contributed by atoms with E-state index in [4.69, 9.17) is 4.74 Å². The van der Waals surface area contributed by atoms with E-state index in [0.29, 0.717) is 37.9 Å². The number of unbranched alkanes of at least 4 members (excludes halogenated alkanes) is 3. The summed E-state index contributed by atoms with van der Waals surface area (Å²) in [5, 5.41) is 14.9. The van der Waals surface area contributed by atoms with Crippen molar-refractivity contribution in [2.75, 3.05) is 26.2 Å². The lowest BCUT2D eigenvalue weighted by Crippen LogP contribution is -2.54. The highest BCUT2D eigenvalue weighted by Gasteiger charge is 2.38. The average molecular weight is 657 g/mol. The van der Waals surface area contributed by atoms with Gasteiger partial charge in [0.2, 0.25) is 11.8 Å². The Morgan fingerprint density at radius 3 is 2.47 bits per heavy atom. The zero-order chi connectivity index (χ0) is 35.1. The molecule has 11 nitrogen and oxygen atoms in total. The fourth-order valence-corrected chi connectivity index (χ4v) is 5.70. The first-order valence-electron chi connectivity index (χ1n) is 17.1. The molecule has 4 amide bonds. The van der Waals surface area contributed by atoms with Crippen LogP contribution < -0.4 is 10.6 Å². The predicted molar refractivity (Wildman–Crippen MR) is 182 cm³/mol. The minimum Gasteiger partial charge on any atom is -0.480 e. The third-order valence-electron chi connectivity index (χ3n) is 8.55. The number of ether oxygens (including phenoxy) is 1. The van der Waals surface area contributed by atoms with Gasteiger partial charge in [-0.05, 0) is 43.7 Å². The Morgan fingerprint density at radius 2 is 1.81 bits per heavy atom. The Hall–Kier alpha value is -3.89. The molecule has 262 valence electrons. The van der Waals surface area contributed by atoms with E-state index in [1.165, 1.54) is 4.90 Å². The van der Waals surface area contributed by atoms with Crippen molar-refractivity contribution in [2.45, 2.75) is 112 Å². The van der Waals surface area contributed by atoms with Crippen molar-refractivity contribution in [3.8, 4) is 0 Å². The van der Waals surface area contributed by atoms with Crippen LogP contribution >= 0.6 is 0 Å². The minimum atomic E-state index is -1.14. The number of alkyl carbamates (subject to hydrolysis) is 1. The number of carboxylic acids is 1. The smallest absolute Gasteiger partial charge is 0.407 e. The van der Waals surface area contributed by atoms with Crippen LogP contribution in [0, 0.1) is 11.3 Å². The molecule has 2 heterocycles. The van der Waals surface area contributed by atoms with Crippen LogP contribution in [0.1, 0.15) is 103 Å². The van der Waals surface area contributed by atoms with Crippen LogP contribution in [0.5, 0.6) is 0 Å². The van der Waals surface area contributed by atoms with E-state index in [1.54, 1.807) is 17.9 Å². The molecule has 0 aliphatic carbocycles. The predicted octanol–water partition coefficient (Wildman–Crippen LogP) is 5.19. The molecule has 2 aliphatic rings. The minimum absolute atomic E-state index is 0.105. The van der Waals surface area contributed by atoms with Gasteiger partial charge in [0.05, 0.1) is 6.54 Å². The van der Waals surface area contributed by atoms with E-state index in [2.05, 4.69) is 17.6 Å². The number of carbonyl (C=O) groups excluding carboxylic acids is 4. The number of rotatable bonds is 14. The second-order valence-electron chi connectivity index (χ2n) is 13.1. The number of aliphatic carboxylic acids is 1. The number of nitrogens with zero attached hydrogens (tertiary/aromatic N) is 2. The molecule has 3 N–H and O–H groups in total. The first kappa shape index (κ1) is 39.3. The van der Waals surface area contributed by atoms with Crippen LogP contribution in [0.25, 0.3) is 0 Å². The van der Waals surface area contributed by atoms with Gasteiger partial charge in [-0.25, -0.2) is 9.59 Å². The standard InChI is InChI=1S/C34H50N4O7.C2H6/c1-6-7-8-9-10-14-23(2)29(32(42)43)36-30(40)26-17-13-19-38(26)28(39)21-35-33(44)45-27(34(3,4)5)22-37-20-18-24-15-11-12-16-25(24)31(37)41;1-2/h10-12,14-16,23,26-27,29H,6-9,13,17-22H2,1-5H3,(H,35,44)(H,36,40)(H,42,43);1-2H3/b14-10-;/t23?,26-,27?,29?;/m0./s1. The van der Waals surface area contributed by atoms with E-state index < -0.39 is 53.4 Å². The molecular weight excluding hydrogens is 600 g/mol. The molecule has 1 aromatic carbocycles. The number of carbonyl (C=O) groups is 5. The van der Waals surface area contributed by atoms with Crippen molar-refractivity contribution in [2.24, 2.45) is 11.3 Å². The van der Waals surface area contributed by atoms with Crippen LogP contribution in [0.2, 0.25) is 0 Å². The van der Waals surface area contributed by atoms with Crippen molar-refractivity contribution in [1.29, 1.82) is 0 Å². The number of likely N-dealkylation sites (tertiary alicyclic amines) is 1. The molecule has 1 aromatic rings. The Kier molecular flexibility index (Phi) is 15.9. The summed E-state index contributed by atoms with van der Waals surface area (Å²) in [6.45, 7) is 14.3. The van der Waals surface area contributed by atoms with Crippen molar-refractivity contribution in [1.82, 2.24) is 20.4 Å². The maximum atomic E-state index is 13.1. The van der Waals surface area contributed by atoms with E-state index in [0.717, 1.165) is 31.2 Å². The number of hydrogen-bond donors (Lipinski definition) is 3. The molecule has 3 unspecified atom stereocenters. The molecule has 0 spiro atoms. The monoisotopic (exact) mass is 656 g/mol. The average Bonchev–Trinajstić information content (AvgIpc) is 3.54. The maximum absolute atomic E-state index is 13.1. The second-order valence-corrected chi connectivity index (χ2v) is 13.1. The summed E-state index contributed by atoms with van der Waals surface area (Å²) in [7, 11) is 0. The van der Waals surface area contributed by atoms with Gasteiger partial charge in [0.25, 0.3) is 5.91 Å². The summed E-state index contributed by atoms with van der Waals surface area (Å²) in [5.74, 6) is -2.66. The molecule has 2 aliphatic heterocycles. The zero-order valence-corrected chi connectivity index (χ0v) is 29.3. The van der Waals surface area contributed by atoms with Gasteiger partial charge in [-0.3, -0.25) is 14.4 Å². The summed E-state index contributed by atoms with van der Waals surface area (Å²) >= 11 is 0. The van der Waals surface area contributed by atoms with Crippen molar-refractivity contribution in [3.05, 3.63) is 47.5 Å². The number of carboxylic acid groups (broad SMARTS) is 1. The summed E-state index contributed by atoms with van der Waals surface area (Å²) < 4.78 is 5.73. The molecule has 4 atom stereocenters. The Morgan fingerprint density at radius 1 is 1.11 bits per heavy atom. The summed E-state index contributed by atoms with van der Waals surface area (Å²) in [5.41, 5.74) is 1.16. The van der Waals surface area contributed by atoms with Gasteiger partial charge in [-0.1, -0.05) is 91.7 Å². The summed E-state index contributed by atoms with van der Waals surface area (Å²) in [6, 6.07) is 5.53. The third kappa shape index (κ3) is 11.7. The fraction of sp³-hybridized carbons (Fsp3) is 0.639. The molecule has 0 saturated carbocycles. The number of hydrogen-bond acceptors (Lipinski definition) is 6. The van der Waals surface area contributed by atoms with Gasteiger partial charge in [0.15, 0.2) is 0 Å². The van der Waals surface area contributed by atoms with E-state index in [-0.39, 0.29) is 19.0 Å². The quantitative estimate of drug-likeness (QED) is 0.185. The normalized spacial score (nSPS) is 18.0. The highest BCUT2D eigenvalue weighted by molar-refractivity contribution is 5.96. The van der Waals surface area contributed by atoms with Gasteiger partial charge in [-0.2, -0.15) is 0 Å². The van der Waals surface area contributed by atoms with Crippen LogP contribution in [-0.2, 0) is 25.5 Å². The van der Waals surface area contributed by atoms with Crippen LogP contribution in [0.3, 0.4) is 0 Å². The molecule has 3 rings (SSSR count).